The molecule has 0 saturated carbocycles. The highest BCUT2D eigenvalue weighted by molar-refractivity contribution is 5.92. The van der Waals surface area contributed by atoms with Crippen molar-refractivity contribution in [3.05, 3.63) is 29.6 Å². The van der Waals surface area contributed by atoms with Crippen LogP contribution >= 0.6 is 0 Å². The van der Waals surface area contributed by atoms with Gasteiger partial charge in [-0.2, -0.15) is 13.2 Å². The lowest BCUT2D eigenvalue weighted by Gasteiger charge is -2.10. The number of aryl methyl sites for hydroxylation is 2. The van der Waals surface area contributed by atoms with Gasteiger partial charge in [0.2, 0.25) is 0 Å². The second-order valence-corrected chi connectivity index (χ2v) is 4.80. The molecule has 1 N–H and O–H groups in total. The fraction of sp³-hybridized carbons (Fsp3) is 0.429. The Kier molecular flexibility index (Phi) is 4.20. The van der Waals surface area contributed by atoms with E-state index in [1.54, 1.807) is 0 Å². The van der Waals surface area contributed by atoms with Crippen molar-refractivity contribution in [2.24, 2.45) is 0 Å². The molecule has 0 aliphatic heterocycles. The summed E-state index contributed by atoms with van der Waals surface area (Å²) in [5.74, 6) is -0.530. The van der Waals surface area contributed by atoms with Gasteiger partial charge in [0.15, 0.2) is 0 Å². The number of halogens is 3. The van der Waals surface area contributed by atoms with Crippen LogP contribution in [0, 0.1) is 0 Å². The van der Waals surface area contributed by atoms with Gasteiger partial charge in [0.1, 0.15) is 5.82 Å². The molecule has 0 aliphatic carbocycles. The maximum atomic E-state index is 12.4. The van der Waals surface area contributed by atoms with Crippen LogP contribution in [0.5, 0.6) is 0 Å². The largest absolute Gasteiger partial charge is 0.478 e. The standard InChI is InChI=1S/C14H15F3N2O2/c1-2-3-12-18-10-8-9(13(20)21)4-5-11(10)19(12)7-6-14(15,16)17/h4-5,8H,2-3,6-7H2,1H3,(H,20,21). The van der Waals surface area contributed by atoms with Gasteiger partial charge in [-0.1, -0.05) is 6.92 Å². The van der Waals surface area contributed by atoms with Gasteiger partial charge in [-0.05, 0) is 24.6 Å². The van der Waals surface area contributed by atoms with E-state index < -0.39 is 18.6 Å². The molecule has 114 valence electrons. The highest BCUT2D eigenvalue weighted by Gasteiger charge is 2.27. The Hall–Kier alpha value is -2.05. The van der Waals surface area contributed by atoms with Gasteiger partial charge >= 0.3 is 12.1 Å². The number of aromatic carboxylic acids is 1. The summed E-state index contributed by atoms with van der Waals surface area (Å²) in [4.78, 5) is 15.2. The van der Waals surface area contributed by atoms with Crippen molar-refractivity contribution in [2.45, 2.75) is 38.9 Å². The van der Waals surface area contributed by atoms with Gasteiger partial charge in [0, 0.05) is 13.0 Å². The molecule has 0 aliphatic rings. The zero-order valence-corrected chi connectivity index (χ0v) is 11.4. The van der Waals surface area contributed by atoms with Crippen LogP contribution in [0.1, 0.15) is 35.9 Å². The molecular formula is C14H15F3N2O2. The molecule has 2 aromatic rings. The average Bonchev–Trinajstić information content (AvgIpc) is 2.72. The highest BCUT2D eigenvalue weighted by atomic mass is 19.4. The lowest BCUT2D eigenvalue weighted by atomic mass is 10.2. The Labute approximate surface area is 119 Å². The van der Waals surface area contributed by atoms with Crippen molar-refractivity contribution in [3.63, 3.8) is 0 Å². The summed E-state index contributed by atoms with van der Waals surface area (Å²) >= 11 is 0. The molecule has 0 bridgehead atoms. The first-order valence-corrected chi connectivity index (χ1v) is 6.61. The van der Waals surface area contributed by atoms with Crippen molar-refractivity contribution < 1.29 is 23.1 Å². The van der Waals surface area contributed by atoms with Crippen LogP contribution in [0.25, 0.3) is 11.0 Å². The van der Waals surface area contributed by atoms with E-state index in [1.165, 1.54) is 22.8 Å². The molecule has 0 spiro atoms. The number of hydrogen-bond donors (Lipinski definition) is 1. The summed E-state index contributed by atoms with van der Waals surface area (Å²) in [5, 5.41) is 8.95. The quantitative estimate of drug-likeness (QED) is 0.917. The zero-order chi connectivity index (χ0) is 15.6. The third kappa shape index (κ3) is 3.53. The summed E-state index contributed by atoms with van der Waals surface area (Å²) in [6.07, 6.45) is -3.87. The first kappa shape index (κ1) is 15.3. The Bertz CT molecular complexity index is 662. The van der Waals surface area contributed by atoms with Crippen LogP contribution < -0.4 is 0 Å². The SMILES string of the molecule is CCCc1nc2cc(C(=O)O)ccc2n1CCC(F)(F)F. The number of aromatic nitrogens is 2. The molecule has 0 fully saturated rings. The number of hydrogen-bond acceptors (Lipinski definition) is 2. The average molecular weight is 300 g/mol. The van der Waals surface area contributed by atoms with E-state index in [1.807, 2.05) is 6.92 Å². The zero-order valence-electron chi connectivity index (χ0n) is 11.4. The molecule has 1 aromatic carbocycles. The number of nitrogens with zero attached hydrogens (tertiary/aromatic N) is 2. The summed E-state index contributed by atoms with van der Waals surface area (Å²) in [5.41, 5.74) is 1.03. The summed E-state index contributed by atoms with van der Waals surface area (Å²) < 4.78 is 38.8. The molecule has 4 nitrogen and oxygen atoms in total. The number of carboxylic acids is 1. The Balaban J connectivity index is 2.44. The number of carbonyl (C=O) groups is 1. The van der Waals surface area contributed by atoms with E-state index in [9.17, 15) is 18.0 Å². The van der Waals surface area contributed by atoms with Crippen LogP contribution in [-0.4, -0.2) is 26.8 Å². The highest BCUT2D eigenvalue weighted by Crippen LogP contribution is 2.24. The topological polar surface area (TPSA) is 55.1 Å². The number of fused-ring (bicyclic) bond motifs is 1. The maximum absolute atomic E-state index is 12.4. The van der Waals surface area contributed by atoms with E-state index in [0.717, 1.165) is 6.42 Å². The number of imidazole rings is 1. The molecular weight excluding hydrogens is 285 g/mol. The van der Waals surface area contributed by atoms with Crippen LogP contribution in [0.2, 0.25) is 0 Å². The summed E-state index contributed by atoms with van der Waals surface area (Å²) in [6.45, 7) is 1.71. The van der Waals surface area contributed by atoms with Crippen LogP contribution in [0.15, 0.2) is 18.2 Å². The minimum absolute atomic E-state index is 0.0750. The van der Waals surface area contributed by atoms with Crippen LogP contribution in [-0.2, 0) is 13.0 Å². The van der Waals surface area contributed by atoms with Crippen molar-refractivity contribution in [1.29, 1.82) is 0 Å². The monoisotopic (exact) mass is 300 g/mol. The normalized spacial score (nSPS) is 12.0. The van der Waals surface area contributed by atoms with E-state index in [2.05, 4.69) is 4.98 Å². The molecule has 1 aromatic heterocycles. The predicted octanol–water partition coefficient (Wildman–Crippen LogP) is 3.64. The van der Waals surface area contributed by atoms with E-state index in [4.69, 9.17) is 5.11 Å². The Morgan fingerprint density at radius 1 is 1.38 bits per heavy atom. The minimum atomic E-state index is -4.24. The van der Waals surface area contributed by atoms with Crippen molar-refractivity contribution >= 4 is 17.0 Å². The van der Waals surface area contributed by atoms with Crippen molar-refractivity contribution in [2.75, 3.05) is 0 Å². The van der Waals surface area contributed by atoms with E-state index >= 15 is 0 Å². The molecule has 0 saturated heterocycles. The predicted molar refractivity (Wildman–Crippen MR) is 71.4 cm³/mol. The Morgan fingerprint density at radius 3 is 2.67 bits per heavy atom. The summed E-state index contributed by atoms with van der Waals surface area (Å²) in [7, 11) is 0. The second kappa shape index (κ2) is 5.75. The molecule has 0 atom stereocenters. The summed E-state index contributed by atoms with van der Waals surface area (Å²) in [6, 6.07) is 4.29. The van der Waals surface area contributed by atoms with E-state index in [0.29, 0.717) is 23.3 Å². The first-order valence-electron chi connectivity index (χ1n) is 6.61. The molecule has 21 heavy (non-hydrogen) atoms. The van der Waals surface area contributed by atoms with Crippen molar-refractivity contribution in [3.8, 4) is 0 Å². The number of rotatable bonds is 5. The third-order valence-electron chi connectivity index (χ3n) is 3.17. The fourth-order valence-corrected chi connectivity index (χ4v) is 2.22. The smallest absolute Gasteiger partial charge is 0.390 e. The molecule has 2 rings (SSSR count). The Morgan fingerprint density at radius 2 is 2.10 bits per heavy atom. The van der Waals surface area contributed by atoms with Gasteiger partial charge in [0.05, 0.1) is 23.0 Å². The van der Waals surface area contributed by atoms with Gasteiger partial charge in [0.25, 0.3) is 0 Å². The van der Waals surface area contributed by atoms with E-state index in [-0.39, 0.29) is 12.1 Å². The molecule has 1 heterocycles. The maximum Gasteiger partial charge on any atom is 0.390 e. The second-order valence-electron chi connectivity index (χ2n) is 4.80. The molecule has 7 heteroatoms. The molecule has 0 amide bonds. The molecule has 0 unspecified atom stereocenters. The number of carboxylic acid groups (broad SMARTS) is 1. The van der Waals surface area contributed by atoms with Crippen LogP contribution in [0.3, 0.4) is 0 Å². The molecule has 0 radical (unpaired) electrons. The third-order valence-corrected chi connectivity index (χ3v) is 3.17. The number of benzene rings is 1. The fourth-order valence-electron chi connectivity index (χ4n) is 2.22. The lowest BCUT2D eigenvalue weighted by Crippen LogP contribution is -2.14. The van der Waals surface area contributed by atoms with Gasteiger partial charge in [-0.15, -0.1) is 0 Å². The van der Waals surface area contributed by atoms with Crippen LogP contribution in [0.4, 0.5) is 13.2 Å². The van der Waals surface area contributed by atoms with Gasteiger partial charge in [-0.25, -0.2) is 9.78 Å². The lowest BCUT2D eigenvalue weighted by molar-refractivity contribution is -0.136. The van der Waals surface area contributed by atoms with Crippen molar-refractivity contribution in [1.82, 2.24) is 9.55 Å². The minimum Gasteiger partial charge on any atom is -0.478 e. The van der Waals surface area contributed by atoms with Gasteiger partial charge < -0.3 is 9.67 Å². The van der Waals surface area contributed by atoms with Gasteiger partial charge in [-0.3, -0.25) is 0 Å². The first-order chi connectivity index (χ1) is 9.81. The number of alkyl halides is 3.